The molecule has 0 saturated heterocycles. The summed E-state index contributed by atoms with van der Waals surface area (Å²) in [7, 11) is 1.97. The predicted octanol–water partition coefficient (Wildman–Crippen LogP) is 2.32. The number of aliphatic hydroxyl groups excluding tert-OH is 1. The Kier molecular flexibility index (Phi) is 4.63. The summed E-state index contributed by atoms with van der Waals surface area (Å²) in [6.45, 7) is 4.93. The van der Waals surface area contributed by atoms with Crippen molar-refractivity contribution in [2.45, 2.75) is 19.9 Å². The number of nitrogens with one attached hydrogen (secondary N) is 2. The first-order valence-corrected chi connectivity index (χ1v) is 6.80. The van der Waals surface area contributed by atoms with E-state index in [9.17, 15) is 0 Å². The van der Waals surface area contributed by atoms with Crippen LogP contribution in [0, 0.1) is 6.92 Å². The molecule has 5 heteroatoms. The van der Waals surface area contributed by atoms with E-state index in [-0.39, 0.29) is 12.6 Å². The second-order valence-electron chi connectivity index (χ2n) is 5.01. The molecule has 0 amide bonds. The van der Waals surface area contributed by atoms with Gasteiger partial charge >= 0.3 is 0 Å². The molecule has 0 aliphatic rings. The van der Waals surface area contributed by atoms with E-state index in [4.69, 9.17) is 5.11 Å². The van der Waals surface area contributed by atoms with Crippen molar-refractivity contribution in [3.63, 3.8) is 0 Å². The van der Waals surface area contributed by atoms with Crippen LogP contribution in [0.5, 0.6) is 0 Å². The topological polar surface area (TPSA) is 64.2 Å². The summed E-state index contributed by atoms with van der Waals surface area (Å²) < 4.78 is 0. The van der Waals surface area contributed by atoms with Crippen LogP contribution in [0.1, 0.15) is 24.2 Å². The van der Waals surface area contributed by atoms with Crippen molar-refractivity contribution in [2.75, 3.05) is 30.4 Å². The first-order valence-electron chi connectivity index (χ1n) is 6.80. The Morgan fingerprint density at radius 1 is 1.35 bits per heavy atom. The zero-order valence-electron chi connectivity index (χ0n) is 12.2. The van der Waals surface area contributed by atoms with Gasteiger partial charge in [-0.3, -0.25) is 5.10 Å². The normalized spacial score (nSPS) is 12.2. The van der Waals surface area contributed by atoms with Gasteiger partial charge in [-0.15, -0.1) is 0 Å². The molecule has 5 nitrogen and oxygen atoms in total. The van der Waals surface area contributed by atoms with Crippen LogP contribution in [0.2, 0.25) is 0 Å². The zero-order chi connectivity index (χ0) is 14.5. The molecule has 0 radical (unpaired) electrons. The summed E-state index contributed by atoms with van der Waals surface area (Å²) >= 11 is 0. The number of nitrogens with zero attached hydrogens (tertiary/aromatic N) is 2. The predicted molar refractivity (Wildman–Crippen MR) is 82.2 cm³/mol. The summed E-state index contributed by atoms with van der Waals surface area (Å²) in [5, 5.41) is 19.4. The summed E-state index contributed by atoms with van der Waals surface area (Å²) in [6.07, 6.45) is 1.86. The minimum atomic E-state index is 0.160. The van der Waals surface area contributed by atoms with Gasteiger partial charge in [-0.05, 0) is 38.1 Å². The average Bonchev–Trinajstić information content (AvgIpc) is 2.86. The molecular weight excluding hydrogens is 252 g/mol. The highest BCUT2D eigenvalue weighted by Crippen LogP contribution is 2.22. The van der Waals surface area contributed by atoms with Crippen molar-refractivity contribution in [1.82, 2.24) is 10.2 Å². The van der Waals surface area contributed by atoms with E-state index in [1.807, 2.05) is 37.2 Å². The molecule has 0 spiro atoms. The quantitative estimate of drug-likeness (QED) is 0.756. The Bertz CT molecular complexity index is 535. The van der Waals surface area contributed by atoms with E-state index >= 15 is 0 Å². The highest BCUT2D eigenvalue weighted by molar-refractivity contribution is 5.55. The van der Waals surface area contributed by atoms with Crippen LogP contribution in [0.15, 0.2) is 30.5 Å². The van der Waals surface area contributed by atoms with E-state index in [0.29, 0.717) is 6.54 Å². The number of aromatic amines is 1. The van der Waals surface area contributed by atoms with Gasteiger partial charge in [0.1, 0.15) is 0 Å². The van der Waals surface area contributed by atoms with Gasteiger partial charge in [0.2, 0.25) is 0 Å². The molecule has 1 atom stereocenters. The average molecular weight is 274 g/mol. The van der Waals surface area contributed by atoms with E-state index in [0.717, 1.165) is 17.1 Å². The molecule has 0 fully saturated rings. The Morgan fingerprint density at radius 3 is 2.60 bits per heavy atom. The van der Waals surface area contributed by atoms with Crippen LogP contribution in [-0.2, 0) is 0 Å². The molecule has 0 bridgehead atoms. The molecule has 20 heavy (non-hydrogen) atoms. The van der Waals surface area contributed by atoms with Gasteiger partial charge in [0.25, 0.3) is 0 Å². The number of H-pyrrole nitrogens is 1. The number of likely N-dealkylation sites (N-methyl/N-ethyl adjacent to an activating group) is 1. The number of aliphatic hydroxyl groups is 1. The van der Waals surface area contributed by atoms with Crippen molar-refractivity contribution < 1.29 is 5.11 Å². The standard InChI is InChI=1S/C15H22N4O/c1-11(15-10-16-18-12(15)2)17-13-4-6-14(7-5-13)19(3)8-9-20/h4-7,10-11,17,20H,8-9H2,1-3H3,(H,16,18). The van der Waals surface area contributed by atoms with Gasteiger partial charge in [0.05, 0.1) is 18.8 Å². The van der Waals surface area contributed by atoms with Crippen LogP contribution in [0.3, 0.4) is 0 Å². The molecule has 2 rings (SSSR count). The van der Waals surface area contributed by atoms with Crippen LogP contribution < -0.4 is 10.2 Å². The monoisotopic (exact) mass is 274 g/mol. The molecule has 1 aromatic heterocycles. The maximum Gasteiger partial charge on any atom is 0.0606 e. The lowest BCUT2D eigenvalue weighted by Crippen LogP contribution is -2.20. The molecular formula is C15H22N4O. The number of aryl methyl sites for hydroxylation is 1. The third-order valence-corrected chi connectivity index (χ3v) is 3.46. The zero-order valence-corrected chi connectivity index (χ0v) is 12.2. The number of rotatable bonds is 6. The van der Waals surface area contributed by atoms with Crippen LogP contribution >= 0.6 is 0 Å². The molecule has 1 heterocycles. The SMILES string of the molecule is Cc1[nH]ncc1C(C)Nc1ccc(N(C)CCO)cc1. The molecule has 0 saturated carbocycles. The van der Waals surface area contributed by atoms with Gasteiger partial charge < -0.3 is 15.3 Å². The number of benzene rings is 1. The van der Waals surface area contributed by atoms with Crippen LogP contribution in [-0.4, -0.2) is 35.5 Å². The second kappa shape index (κ2) is 6.43. The molecule has 0 aliphatic heterocycles. The fourth-order valence-electron chi connectivity index (χ4n) is 2.22. The highest BCUT2D eigenvalue weighted by Gasteiger charge is 2.10. The molecule has 3 N–H and O–H groups in total. The van der Waals surface area contributed by atoms with Crippen molar-refractivity contribution in [3.05, 3.63) is 41.7 Å². The smallest absolute Gasteiger partial charge is 0.0606 e. The van der Waals surface area contributed by atoms with Gasteiger partial charge in [0.15, 0.2) is 0 Å². The minimum Gasteiger partial charge on any atom is -0.395 e. The van der Waals surface area contributed by atoms with E-state index in [1.54, 1.807) is 0 Å². The number of anilines is 2. The molecule has 108 valence electrons. The summed E-state index contributed by atoms with van der Waals surface area (Å²) in [5.74, 6) is 0. The second-order valence-corrected chi connectivity index (χ2v) is 5.01. The van der Waals surface area contributed by atoms with Crippen molar-refractivity contribution >= 4 is 11.4 Å². The largest absolute Gasteiger partial charge is 0.395 e. The lowest BCUT2D eigenvalue weighted by Gasteiger charge is -2.19. The minimum absolute atomic E-state index is 0.160. The van der Waals surface area contributed by atoms with Gasteiger partial charge in [-0.1, -0.05) is 0 Å². The van der Waals surface area contributed by atoms with Crippen LogP contribution in [0.4, 0.5) is 11.4 Å². The number of aromatic nitrogens is 2. The third kappa shape index (κ3) is 3.30. The van der Waals surface area contributed by atoms with Crippen molar-refractivity contribution in [1.29, 1.82) is 0 Å². The van der Waals surface area contributed by atoms with Gasteiger partial charge in [0, 0.05) is 36.2 Å². The number of hydrogen-bond acceptors (Lipinski definition) is 4. The summed E-state index contributed by atoms with van der Waals surface area (Å²) in [6, 6.07) is 8.40. The first kappa shape index (κ1) is 14.4. The lowest BCUT2D eigenvalue weighted by atomic mass is 10.1. The highest BCUT2D eigenvalue weighted by atomic mass is 16.3. The fraction of sp³-hybridized carbons (Fsp3) is 0.400. The van der Waals surface area contributed by atoms with E-state index in [2.05, 4.69) is 34.6 Å². The lowest BCUT2D eigenvalue weighted by molar-refractivity contribution is 0.304. The first-order chi connectivity index (χ1) is 9.61. The van der Waals surface area contributed by atoms with Crippen molar-refractivity contribution in [2.24, 2.45) is 0 Å². The van der Waals surface area contributed by atoms with E-state index in [1.165, 1.54) is 5.56 Å². The Morgan fingerprint density at radius 2 is 2.05 bits per heavy atom. The maximum absolute atomic E-state index is 8.94. The Hall–Kier alpha value is -2.01. The number of hydrogen-bond donors (Lipinski definition) is 3. The summed E-state index contributed by atoms with van der Waals surface area (Å²) in [5.41, 5.74) is 4.42. The van der Waals surface area contributed by atoms with E-state index < -0.39 is 0 Å². The fourth-order valence-corrected chi connectivity index (χ4v) is 2.22. The molecule has 1 unspecified atom stereocenters. The molecule has 0 aliphatic carbocycles. The third-order valence-electron chi connectivity index (χ3n) is 3.46. The Balaban J connectivity index is 2.02. The molecule has 2 aromatic rings. The van der Waals surface area contributed by atoms with Gasteiger partial charge in [-0.25, -0.2) is 0 Å². The van der Waals surface area contributed by atoms with Gasteiger partial charge in [-0.2, -0.15) is 5.10 Å². The molecule has 1 aromatic carbocycles. The van der Waals surface area contributed by atoms with Crippen LogP contribution in [0.25, 0.3) is 0 Å². The summed E-state index contributed by atoms with van der Waals surface area (Å²) in [4.78, 5) is 2.02. The Labute approximate surface area is 119 Å². The maximum atomic E-state index is 8.94. The van der Waals surface area contributed by atoms with Crippen molar-refractivity contribution in [3.8, 4) is 0 Å².